The molecule has 2 heteroatoms. The minimum Gasteiger partial charge on any atom is -0.359 e. The standard InChI is InChI=1S/C7H8.C3H7NO.C2H6/c1-7-5-3-2-4-6-7;1-2-4-3-5;1-2/h2-6H,1H3;3H,2H2,1H3,(H,4,5);1-2H3. The smallest absolute Gasteiger partial charge is 0.207 e. The van der Waals surface area contributed by atoms with Crippen molar-refractivity contribution in [1.29, 1.82) is 0 Å². The van der Waals surface area contributed by atoms with Crippen LogP contribution in [0.25, 0.3) is 0 Å². The van der Waals surface area contributed by atoms with Crippen LogP contribution in [0.1, 0.15) is 26.3 Å². The highest BCUT2D eigenvalue weighted by atomic mass is 16.1. The number of nitrogens with one attached hydrogen (secondary N) is 1. The maximum atomic E-state index is 9.29. The van der Waals surface area contributed by atoms with Gasteiger partial charge in [0, 0.05) is 6.54 Å². The average molecular weight is 195 g/mol. The van der Waals surface area contributed by atoms with Crippen LogP contribution in [0.15, 0.2) is 30.3 Å². The van der Waals surface area contributed by atoms with Crippen LogP contribution in [0.4, 0.5) is 0 Å². The molecule has 0 bridgehead atoms. The van der Waals surface area contributed by atoms with Crippen molar-refractivity contribution in [3.63, 3.8) is 0 Å². The van der Waals surface area contributed by atoms with E-state index < -0.39 is 0 Å². The molecule has 0 heterocycles. The lowest BCUT2D eigenvalue weighted by Gasteiger charge is -1.82. The summed E-state index contributed by atoms with van der Waals surface area (Å²) in [6.45, 7) is 8.68. The number of rotatable bonds is 2. The Hall–Kier alpha value is -1.31. The minimum atomic E-state index is 0.681. The van der Waals surface area contributed by atoms with E-state index in [1.54, 1.807) is 0 Å². The summed E-state index contributed by atoms with van der Waals surface area (Å²) in [4.78, 5) is 9.29. The second-order valence-corrected chi connectivity index (χ2v) is 2.33. The number of aryl methyl sites for hydroxylation is 1. The Bertz CT molecular complexity index is 197. The first-order chi connectivity index (χ1) is 6.81. The maximum absolute atomic E-state index is 9.29. The molecule has 0 atom stereocenters. The van der Waals surface area contributed by atoms with E-state index in [1.807, 2.05) is 39.0 Å². The molecule has 0 spiro atoms. The van der Waals surface area contributed by atoms with Gasteiger partial charge in [0.2, 0.25) is 6.41 Å². The quantitative estimate of drug-likeness (QED) is 0.722. The molecule has 0 radical (unpaired) electrons. The third-order valence-corrected chi connectivity index (χ3v) is 1.23. The molecule has 2 nitrogen and oxygen atoms in total. The molecule has 0 saturated heterocycles. The molecule has 14 heavy (non-hydrogen) atoms. The van der Waals surface area contributed by atoms with E-state index >= 15 is 0 Å². The van der Waals surface area contributed by atoms with Crippen molar-refractivity contribution in [3.05, 3.63) is 35.9 Å². The predicted molar refractivity (Wildman–Crippen MR) is 62.3 cm³/mol. The monoisotopic (exact) mass is 195 g/mol. The predicted octanol–water partition coefficient (Wildman–Crippen LogP) is 2.77. The van der Waals surface area contributed by atoms with Gasteiger partial charge in [0.1, 0.15) is 0 Å². The number of benzene rings is 1. The zero-order chi connectivity index (χ0) is 11.2. The summed E-state index contributed by atoms with van der Waals surface area (Å²) in [5.74, 6) is 0. The van der Waals surface area contributed by atoms with E-state index in [0.29, 0.717) is 6.41 Å². The van der Waals surface area contributed by atoms with Gasteiger partial charge in [0.25, 0.3) is 0 Å². The Balaban J connectivity index is 0. The Labute approximate surface area is 87.3 Å². The molecule has 1 amide bonds. The van der Waals surface area contributed by atoms with Gasteiger partial charge in [-0.05, 0) is 13.8 Å². The first-order valence-electron chi connectivity index (χ1n) is 5.00. The van der Waals surface area contributed by atoms with Crippen LogP contribution >= 0.6 is 0 Å². The van der Waals surface area contributed by atoms with Crippen LogP contribution in [-0.4, -0.2) is 13.0 Å². The number of hydrogen-bond donors (Lipinski definition) is 1. The van der Waals surface area contributed by atoms with Crippen molar-refractivity contribution in [3.8, 4) is 0 Å². The van der Waals surface area contributed by atoms with Crippen molar-refractivity contribution in [2.45, 2.75) is 27.7 Å². The first-order valence-corrected chi connectivity index (χ1v) is 5.00. The van der Waals surface area contributed by atoms with Crippen LogP contribution in [0.2, 0.25) is 0 Å². The summed E-state index contributed by atoms with van der Waals surface area (Å²) >= 11 is 0. The fourth-order valence-electron chi connectivity index (χ4n) is 0.618. The molecule has 0 saturated carbocycles. The fourth-order valence-corrected chi connectivity index (χ4v) is 0.618. The number of carbonyl (C=O) groups is 1. The van der Waals surface area contributed by atoms with Gasteiger partial charge >= 0.3 is 0 Å². The highest BCUT2D eigenvalue weighted by Gasteiger charge is 1.72. The van der Waals surface area contributed by atoms with Gasteiger partial charge < -0.3 is 5.32 Å². The lowest BCUT2D eigenvalue weighted by molar-refractivity contribution is -0.109. The van der Waals surface area contributed by atoms with Gasteiger partial charge in [-0.15, -0.1) is 0 Å². The molecule has 1 aromatic rings. The van der Waals surface area contributed by atoms with E-state index in [2.05, 4.69) is 24.4 Å². The minimum absolute atomic E-state index is 0.681. The van der Waals surface area contributed by atoms with Crippen LogP contribution in [-0.2, 0) is 4.79 Å². The Kier molecular flexibility index (Phi) is 15.4. The second kappa shape index (κ2) is 14.2. The van der Waals surface area contributed by atoms with Gasteiger partial charge in [0.15, 0.2) is 0 Å². The van der Waals surface area contributed by atoms with Crippen LogP contribution in [0.3, 0.4) is 0 Å². The number of hydrogen-bond acceptors (Lipinski definition) is 1. The summed E-state index contributed by atoms with van der Waals surface area (Å²) in [6, 6.07) is 10.3. The SMILES string of the molecule is CC.CCNC=O.Cc1ccccc1. The van der Waals surface area contributed by atoms with Crippen LogP contribution in [0, 0.1) is 6.92 Å². The highest BCUT2D eigenvalue weighted by Crippen LogP contribution is 1.92. The van der Waals surface area contributed by atoms with Crippen LogP contribution in [0.5, 0.6) is 0 Å². The Morgan fingerprint density at radius 3 is 1.86 bits per heavy atom. The Morgan fingerprint density at radius 2 is 1.71 bits per heavy atom. The lowest BCUT2D eigenvalue weighted by atomic mass is 10.2. The zero-order valence-electron chi connectivity index (χ0n) is 9.58. The molecule has 0 unspecified atom stereocenters. The average Bonchev–Trinajstić information content (AvgIpc) is 2.24. The third-order valence-electron chi connectivity index (χ3n) is 1.23. The topological polar surface area (TPSA) is 29.1 Å². The summed E-state index contributed by atoms with van der Waals surface area (Å²) in [6.07, 6.45) is 0.681. The summed E-state index contributed by atoms with van der Waals surface area (Å²) in [7, 11) is 0. The van der Waals surface area contributed by atoms with Crippen molar-refractivity contribution in [2.75, 3.05) is 6.54 Å². The second-order valence-electron chi connectivity index (χ2n) is 2.33. The fraction of sp³-hybridized carbons (Fsp3) is 0.417. The van der Waals surface area contributed by atoms with E-state index in [9.17, 15) is 4.79 Å². The van der Waals surface area contributed by atoms with Gasteiger partial charge in [0.05, 0.1) is 0 Å². The molecule has 0 aliphatic carbocycles. The van der Waals surface area contributed by atoms with E-state index in [1.165, 1.54) is 5.56 Å². The number of carbonyl (C=O) groups excluding carboxylic acids is 1. The van der Waals surface area contributed by atoms with Gasteiger partial charge in [-0.25, -0.2) is 0 Å². The summed E-state index contributed by atoms with van der Waals surface area (Å²) < 4.78 is 0. The molecule has 1 N–H and O–H groups in total. The molecule has 1 rings (SSSR count). The van der Waals surface area contributed by atoms with Crippen molar-refractivity contribution in [2.24, 2.45) is 0 Å². The van der Waals surface area contributed by atoms with Crippen molar-refractivity contribution < 1.29 is 4.79 Å². The molecule has 0 aliphatic rings. The number of amides is 1. The largest absolute Gasteiger partial charge is 0.359 e. The zero-order valence-corrected chi connectivity index (χ0v) is 9.58. The molecular formula is C12H21NO. The normalized spacial score (nSPS) is 7.14. The van der Waals surface area contributed by atoms with Crippen molar-refractivity contribution in [1.82, 2.24) is 5.32 Å². The van der Waals surface area contributed by atoms with Gasteiger partial charge in [-0.2, -0.15) is 0 Å². The van der Waals surface area contributed by atoms with E-state index in [0.717, 1.165) is 6.54 Å². The summed E-state index contributed by atoms with van der Waals surface area (Å²) in [5.41, 5.74) is 1.32. The molecule has 0 aromatic heterocycles. The molecule has 0 aliphatic heterocycles. The highest BCUT2D eigenvalue weighted by molar-refractivity contribution is 5.45. The van der Waals surface area contributed by atoms with E-state index in [4.69, 9.17) is 0 Å². The Morgan fingerprint density at radius 1 is 1.21 bits per heavy atom. The molecular weight excluding hydrogens is 174 g/mol. The summed E-state index contributed by atoms with van der Waals surface area (Å²) in [5, 5.41) is 2.43. The molecule has 0 fully saturated rings. The van der Waals surface area contributed by atoms with E-state index in [-0.39, 0.29) is 0 Å². The van der Waals surface area contributed by atoms with Crippen molar-refractivity contribution >= 4 is 6.41 Å². The maximum Gasteiger partial charge on any atom is 0.207 e. The molecule has 80 valence electrons. The third kappa shape index (κ3) is 13.3. The lowest BCUT2D eigenvalue weighted by Crippen LogP contribution is -2.07. The molecule has 1 aromatic carbocycles. The van der Waals surface area contributed by atoms with Gasteiger partial charge in [-0.3, -0.25) is 4.79 Å². The van der Waals surface area contributed by atoms with Gasteiger partial charge in [-0.1, -0.05) is 49.7 Å². The first kappa shape index (κ1) is 15.2. The van der Waals surface area contributed by atoms with Crippen LogP contribution < -0.4 is 5.32 Å².